The van der Waals surface area contributed by atoms with Crippen molar-refractivity contribution in [3.63, 3.8) is 0 Å². The van der Waals surface area contributed by atoms with Gasteiger partial charge in [0.2, 0.25) is 5.91 Å². The summed E-state index contributed by atoms with van der Waals surface area (Å²) in [7, 11) is 0. The van der Waals surface area contributed by atoms with E-state index < -0.39 is 11.5 Å². The van der Waals surface area contributed by atoms with Gasteiger partial charge in [0.15, 0.2) is 0 Å². The first-order valence-corrected chi connectivity index (χ1v) is 7.01. The third-order valence-electron chi connectivity index (χ3n) is 3.27. The van der Waals surface area contributed by atoms with E-state index in [4.69, 9.17) is 0 Å². The van der Waals surface area contributed by atoms with E-state index >= 15 is 0 Å². The number of rotatable bonds is 6. The highest BCUT2D eigenvalue weighted by Gasteiger charge is 2.36. The minimum atomic E-state index is -1.16. The van der Waals surface area contributed by atoms with Crippen molar-refractivity contribution in [2.75, 3.05) is 0 Å². The zero-order valence-corrected chi connectivity index (χ0v) is 12.7. The number of amides is 1. The second-order valence-corrected chi connectivity index (χ2v) is 5.36. The molecule has 104 valence electrons. The number of hydrogen-bond acceptors (Lipinski definition) is 2. The van der Waals surface area contributed by atoms with E-state index in [1.165, 1.54) is 0 Å². The number of hydrogen-bond donors (Lipinski definition) is 2. The third-order valence-corrected chi connectivity index (χ3v) is 3.80. The molecule has 1 aromatic carbocycles. The quantitative estimate of drug-likeness (QED) is 0.844. The first-order valence-electron chi connectivity index (χ1n) is 6.22. The van der Waals surface area contributed by atoms with Crippen LogP contribution in [0.5, 0.6) is 0 Å². The molecule has 0 heterocycles. The number of aliphatic carboxylic acids is 1. The molecule has 1 amide bonds. The highest BCUT2D eigenvalue weighted by atomic mass is 79.9. The molecule has 0 fully saturated rings. The van der Waals surface area contributed by atoms with Gasteiger partial charge in [0.1, 0.15) is 5.54 Å². The number of carbonyl (C=O) groups excluding carboxylic acids is 1. The molecule has 0 saturated heterocycles. The topological polar surface area (TPSA) is 66.4 Å². The van der Waals surface area contributed by atoms with Gasteiger partial charge in [0, 0.05) is 4.47 Å². The first kappa shape index (κ1) is 15.7. The van der Waals surface area contributed by atoms with Crippen LogP contribution in [0.1, 0.15) is 32.3 Å². The highest BCUT2D eigenvalue weighted by molar-refractivity contribution is 9.10. The number of carboxylic acids is 1. The van der Waals surface area contributed by atoms with Crippen molar-refractivity contribution in [1.82, 2.24) is 5.32 Å². The molecule has 0 spiro atoms. The molecule has 0 unspecified atom stereocenters. The summed E-state index contributed by atoms with van der Waals surface area (Å²) in [5.41, 5.74) is -0.306. The van der Waals surface area contributed by atoms with Gasteiger partial charge in [-0.1, -0.05) is 41.9 Å². The summed E-state index contributed by atoms with van der Waals surface area (Å²) in [5.74, 6) is -1.25. The van der Waals surface area contributed by atoms with Crippen LogP contribution in [-0.2, 0) is 16.0 Å². The Bertz CT molecular complexity index is 452. The Balaban J connectivity index is 2.73. The fourth-order valence-corrected chi connectivity index (χ4v) is 2.15. The third kappa shape index (κ3) is 4.06. The van der Waals surface area contributed by atoms with Crippen LogP contribution in [0, 0.1) is 0 Å². The van der Waals surface area contributed by atoms with Crippen molar-refractivity contribution >= 4 is 27.8 Å². The highest BCUT2D eigenvalue weighted by Crippen LogP contribution is 2.16. The minimum absolute atomic E-state index is 0.183. The molecule has 4 nitrogen and oxygen atoms in total. The van der Waals surface area contributed by atoms with Crippen LogP contribution in [-0.4, -0.2) is 22.5 Å². The number of carbonyl (C=O) groups is 2. The Labute approximate surface area is 121 Å². The van der Waals surface area contributed by atoms with E-state index in [1.54, 1.807) is 13.8 Å². The van der Waals surface area contributed by atoms with Gasteiger partial charge >= 0.3 is 5.97 Å². The molecule has 0 aliphatic heterocycles. The number of benzene rings is 1. The average Bonchev–Trinajstić information content (AvgIpc) is 2.38. The summed E-state index contributed by atoms with van der Waals surface area (Å²) in [6, 6.07) is 7.38. The molecule has 0 saturated carbocycles. The molecule has 0 radical (unpaired) electrons. The molecular formula is C14H18BrNO3. The molecule has 0 atom stereocenters. The molecule has 0 aliphatic rings. The van der Waals surface area contributed by atoms with Gasteiger partial charge in [-0.05, 0) is 30.5 Å². The van der Waals surface area contributed by atoms with Crippen molar-refractivity contribution in [1.29, 1.82) is 0 Å². The molecule has 0 bridgehead atoms. The van der Waals surface area contributed by atoms with Crippen LogP contribution in [0.4, 0.5) is 0 Å². The predicted octanol–water partition coefficient (Wildman–Crippen LogP) is 2.75. The summed E-state index contributed by atoms with van der Waals surface area (Å²) in [4.78, 5) is 23.2. The van der Waals surface area contributed by atoms with Crippen LogP contribution in [0.2, 0.25) is 0 Å². The summed E-state index contributed by atoms with van der Waals surface area (Å²) >= 11 is 3.32. The van der Waals surface area contributed by atoms with E-state index in [2.05, 4.69) is 21.2 Å². The second-order valence-electron chi connectivity index (χ2n) is 4.45. The van der Waals surface area contributed by atoms with Crippen LogP contribution >= 0.6 is 15.9 Å². The molecule has 0 aromatic heterocycles. The molecule has 1 rings (SSSR count). The van der Waals surface area contributed by atoms with Gasteiger partial charge in [0.25, 0.3) is 0 Å². The number of nitrogens with one attached hydrogen (secondary N) is 1. The van der Waals surface area contributed by atoms with E-state index in [0.717, 1.165) is 10.0 Å². The summed E-state index contributed by atoms with van der Waals surface area (Å²) in [5, 5.41) is 11.9. The van der Waals surface area contributed by atoms with Gasteiger partial charge in [-0.15, -0.1) is 0 Å². The normalized spacial score (nSPS) is 11.1. The summed E-state index contributed by atoms with van der Waals surface area (Å²) in [6.07, 6.45) is 0.915. The van der Waals surface area contributed by atoms with Crippen LogP contribution in [0.15, 0.2) is 28.7 Å². The van der Waals surface area contributed by atoms with Crippen LogP contribution in [0.25, 0.3) is 0 Å². The van der Waals surface area contributed by atoms with Crippen LogP contribution < -0.4 is 5.32 Å². The van der Waals surface area contributed by atoms with Gasteiger partial charge in [-0.2, -0.15) is 0 Å². The van der Waals surface area contributed by atoms with E-state index in [0.29, 0.717) is 12.8 Å². The lowest BCUT2D eigenvalue weighted by molar-refractivity contribution is -0.148. The van der Waals surface area contributed by atoms with Crippen LogP contribution in [0.3, 0.4) is 0 Å². The Morgan fingerprint density at radius 2 is 1.74 bits per heavy atom. The fraction of sp³-hybridized carbons (Fsp3) is 0.429. The van der Waals surface area contributed by atoms with Crippen molar-refractivity contribution in [2.45, 2.75) is 38.6 Å². The van der Waals surface area contributed by atoms with Crippen molar-refractivity contribution in [3.05, 3.63) is 34.3 Å². The van der Waals surface area contributed by atoms with Gasteiger partial charge in [0.05, 0.1) is 6.42 Å². The Kier molecular flexibility index (Phi) is 5.54. The maximum Gasteiger partial charge on any atom is 0.329 e. The second kappa shape index (κ2) is 6.70. The average molecular weight is 328 g/mol. The van der Waals surface area contributed by atoms with E-state index in [-0.39, 0.29) is 12.3 Å². The van der Waals surface area contributed by atoms with Gasteiger partial charge < -0.3 is 10.4 Å². The summed E-state index contributed by atoms with van der Waals surface area (Å²) in [6.45, 7) is 3.52. The lowest BCUT2D eigenvalue weighted by Crippen LogP contribution is -2.54. The largest absolute Gasteiger partial charge is 0.480 e. The van der Waals surface area contributed by atoms with E-state index in [1.807, 2.05) is 24.3 Å². The molecule has 1 aromatic rings. The zero-order valence-electron chi connectivity index (χ0n) is 11.1. The van der Waals surface area contributed by atoms with Crippen molar-refractivity contribution in [3.8, 4) is 0 Å². The Morgan fingerprint density at radius 1 is 1.21 bits per heavy atom. The standard InChI is InChI=1S/C14H18BrNO3/c1-3-14(4-2,13(18)19)16-12(17)9-10-5-7-11(15)8-6-10/h5-8H,3-4,9H2,1-2H3,(H,16,17)(H,18,19). The Morgan fingerprint density at radius 3 is 2.16 bits per heavy atom. The van der Waals surface area contributed by atoms with Crippen molar-refractivity contribution < 1.29 is 14.7 Å². The lowest BCUT2D eigenvalue weighted by Gasteiger charge is -2.28. The number of carboxylic acid groups (broad SMARTS) is 1. The molecule has 19 heavy (non-hydrogen) atoms. The molecular weight excluding hydrogens is 310 g/mol. The van der Waals surface area contributed by atoms with Gasteiger partial charge in [-0.3, -0.25) is 4.79 Å². The molecule has 0 aliphatic carbocycles. The zero-order chi connectivity index (χ0) is 14.5. The van der Waals surface area contributed by atoms with E-state index in [9.17, 15) is 14.7 Å². The molecule has 2 N–H and O–H groups in total. The monoisotopic (exact) mass is 327 g/mol. The molecule has 5 heteroatoms. The Hall–Kier alpha value is -1.36. The minimum Gasteiger partial charge on any atom is -0.480 e. The smallest absolute Gasteiger partial charge is 0.329 e. The lowest BCUT2D eigenvalue weighted by atomic mass is 9.92. The number of halogens is 1. The SMILES string of the molecule is CCC(CC)(NC(=O)Cc1ccc(Br)cc1)C(=O)O. The first-order chi connectivity index (χ1) is 8.93. The summed E-state index contributed by atoms with van der Waals surface area (Å²) < 4.78 is 0.943. The fourth-order valence-electron chi connectivity index (χ4n) is 1.88. The maximum absolute atomic E-state index is 11.9. The maximum atomic E-state index is 11.9. The van der Waals surface area contributed by atoms with Gasteiger partial charge in [-0.25, -0.2) is 4.79 Å². The predicted molar refractivity (Wildman–Crippen MR) is 76.9 cm³/mol. The van der Waals surface area contributed by atoms with Crippen molar-refractivity contribution in [2.24, 2.45) is 0 Å².